The van der Waals surface area contributed by atoms with Crippen LogP contribution in [0, 0.1) is 0 Å². The van der Waals surface area contributed by atoms with E-state index in [2.05, 4.69) is 5.32 Å². The second-order valence-electron chi connectivity index (χ2n) is 5.20. The molecule has 0 aliphatic carbocycles. The maximum atomic E-state index is 12.4. The fourth-order valence-corrected chi connectivity index (χ4v) is 2.52. The number of carbonyl (C=O) groups is 1. The number of hydrogen-bond donors (Lipinski definition) is 3. The molecule has 1 unspecified atom stereocenters. The Morgan fingerprint density at radius 1 is 1.45 bits per heavy atom. The zero-order chi connectivity index (χ0) is 16.3. The van der Waals surface area contributed by atoms with Crippen molar-refractivity contribution >= 4 is 16.9 Å². The molecule has 0 saturated heterocycles. The number of nitrogens with two attached hydrogens (primary N) is 1. The van der Waals surface area contributed by atoms with Gasteiger partial charge < -0.3 is 20.7 Å². The predicted molar refractivity (Wildman–Crippen MR) is 86.3 cm³/mol. The molecular formula is C16H21N3O3. The highest BCUT2D eigenvalue weighted by Crippen LogP contribution is 2.19. The van der Waals surface area contributed by atoms with Gasteiger partial charge >= 0.3 is 5.97 Å². The van der Waals surface area contributed by atoms with Gasteiger partial charge in [-0.15, -0.1) is 0 Å². The molecule has 1 aromatic heterocycles. The molecule has 0 fully saturated rings. The van der Waals surface area contributed by atoms with Crippen molar-refractivity contribution in [3.63, 3.8) is 0 Å². The summed E-state index contributed by atoms with van der Waals surface area (Å²) >= 11 is 0. The summed E-state index contributed by atoms with van der Waals surface area (Å²) in [5.74, 6) is -1.20. The number of aromatic nitrogens is 1. The number of hydrogen-bond acceptors (Lipinski definition) is 4. The van der Waals surface area contributed by atoms with Gasteiger partial charge in [-0.25, -0.2) is 4.79 Å². The highest BCUT2D eigenvalue weighted by Gasteiger charge is 2.15. The molecule has 4 N–H and O–H groups in total. The van der Waals surface area contributed by atoms with Crippen molar-refractivity contribution in [2.24, 2.45) is 5.73 Å². The molecule has 1 heterocycles. The van der Waals surface area contributed by atoms with E-state index in [4.69, 9.17) is 5.73 Å². The fourth-order valence-electron chi connectivity index (χ4n) is 2.52. The molecule has 0 radical (unpaired) electrons. The molecule has 118 valence electrons. The van der Waals surface area contributed by atoms with Crippen LogP contribution >= 0.6 is 0 Å². The minimum absolute atomic E-state index is 0.0379. The van der Waals surface area contributed by atoms with Crippen LogP contribution in [0.3, 0.4) is 0 Å². The minimum Gasteiger partial charge on any atom is -0.477 e. The first kappa shape index (κ1) is 16.2. The second kappa shape index (κ2) is 6.72. The molecule has 6 nitrogen and oxygen atoms in total. The third-order valence-electron chi connectivity index (χ3n) is 3.77. The van der Waals surface area contributed by atoms with Crippen LogP contribution in [-0.2, 0) is 6.54 Å². The van der Waals surface area contributed by atoms with Crippen LogP contribution in [0.25, 0.3) is 10.9 Å². The van der Waals surface area contributed by atoms with E-state index in [-0.39, 0.29) is 11.6 Å². The molecule has 0 aliphatic rings. The largest absolute Gasteiger partial charge is 0.477 e. The molecule has 6 heteroatoms. The van der Waals surface area contributed by atoms with E-state index in [0.29, 0.717) is 25.0 Å². The molecule has 22 heavy (non-hydrogen) atoms. The third-order valence-corrected chi connectivity index (χ3v) is 3.77. The molecule has 2 rings (SSSR count). The lowest BCUT2D eigenvalue weighted by molar-refractivity contribution is 0.0695. The average molecular weight is 303 g/mol. The van der Waals surface area contributed by atoms with Gasteiger partial charge in [-0.3, -0.25) is 4.79 Å². The Bertz CT molecular complexity index is 752. The topological polar surface area (TPSA) is 97.3 Å². The molecule has 0 saturated carbocycles. The van der Waals surface area contributed by atoms with Gasteiger partial charge in [-0.2, -0.15) is 0 Å². The van der Waals surface area contributed by atoms with E-state index in [0.717, 1.165) is 11.1 Å². The first-order valence-corrected chi connectivity index (χ1v) is 7.33. The minimum atomic E-state index is -1.20. The fraction of sp³-hybridized carbons (Fsp3) is 0.375. The molecular weight excluding hydrogens is 282 g/mol. The van der Waals surface area contributed by atoms with Gasteiger partial charge in [-0.1, -0.05) is 6.07 Å². The van der Waals surface area contributed by atoms with Gasteiger partial charge in [0.2, 0.25) is 5.43 Å². The van der Waals surface area contributed by atoms with Gasteiger partial charge in [0, 0.05) is 37.3 Å². The number of rotatable bonds is 6. The van der Waals surface area contributed by atoms with E-state index in [9.17, 15) is 14.7 Å². The van der Waals surface area contributed by atoms with Crippen molar-refractivity contribution in [3.05, 3.63) is 45.7 Å². The van der Waals surface area contributed by atoms with Gasteiger partial charge in [0.1, 0.15) is 5.56 Å². The number of nitrogens with one attached hydrogen (secondary N) is 1. The lowest BCUT2D eigenvalue weighted by Crippen LogP contribution is -2.25. The van der Waals surface area contributed by atoms with E-state index >= 15 is 0 Å². The quantitative estimate of drug-likeness (QED) is 0.748. The van der Waals surface area contributed by atoms with Crippen LogP contribution in [0.1, 0.15) is 35.8 Å². The van der Waals surface area contributed by atoms with Gasteiger partial charge in [0.25, 0.3) is 0 Å². The third kappa shape index (κ3) is 3.03. The molecule has 0 bridgehead atoms. The van der Waals surface area contributed by atoms with E-state index in [1.54, 1.807) is 10.6 Å². The zero-order valence-corrected chi connectivity index (χ0v) is 12.8. The Balaban J connectivity index is 2.62. The number of pyridine rings is 1. The van der Waals surface area contributed by atoms with Crippen LogP contribution in [-0.4, -0.2) is 28.7 Å². The standard InChI is InChI=1S/C16H21N3O3/c1-3-19-9-13(16(21)22)15(20)12-8-11(4-5-14(12)19)10(2)18-7-6-17/h4-5,8-10,18H,3,6-7,17H2,1-2H3,(H,21,22). The van der Waals surface area contributed by atoms with E-state index in [1.807, 2.05) is 26.0 Å². The smallest absolute Gasteiger partial charge is 0.341 e. The highest BCUT2D eigenvalue weighted by atomic mass is 16.4. The summed E-state index contributed by atoms with van der Waals surface area (Å²) in [6, 6.07) is 5.62. The van der Waals surface area contributed by atoms with Crippen molar-refractivity contribution in [2.45, 2.75) is 26.4 Å². The molecule has 0 spiro atoms. The lowest BCUT2D eigenvalue weighted by atomic mass is 10.0. The zero-order valence-electron chi connectivity index (χ0n) is 12.8. The van der Waals surface area contributed by atoms with Crippen molar-refractivity contribution in [3.8, 4) is 0 Å². The normalized spacial score (nSPS) is 12.5. The summed E-state index contributed by atoms with van der Waals surface area (Å²) < 4.78 is 1.78. The number of nitrogens with zero attached hydrogens (tertiary/aromatic N) is 1. The molecule has 1 aromatic carbocycles. The Kier molecular flexibility index (Phi) is 4.95. The van der Waals surface area contributed by atoms with Crippen molar-refractivity contribution < 1.29 is 9.90 Å². The summed E-state index contributed by atoms with van der Waals surface area (Å²) in [5, 5.41) is 12.9. The molecule has 0 amide bonds. The second-order valence-corrected chi connectivity index (χ2v) is 5.20. The van der Waals surface area contributed by atoms with Gasteiger partial charge in [0.05, 0.1) is 5.52 Å². The number of aryl methyl sites for hydroxylation is 1. The van der Waals surface area contributed by atoms with E-state index in [1.165, 1.54) is 6.20 Å². The average Bonchev–Trinajstić information content (AvgIpc) is 2.52. The summed E-state index contributed by atoms with van der Waals surface area (Å²) in [4.78, 5) is 23.6. The maximum Gasteiger partial charge on any atom is 0.341 e. The monoisotopic (exact) mass is 303 g/mol. The van der Waals surface area contributed by atoms with E-state index < -0.39 is 11.4 Å². The number of carboxylic acid groups (broad SMARTS) is 1. The molecule has 1 atom stereocenters. The van der Waals surface area contributed by atoms with Gasteiger partial charge in [-0.05, 0) is 31.5 Å². The predicted octanol–water partition coefficient (Wildman–Crippen LogP) is 1.33. The highest BCUT2D eigenvalue weighted by molar-refractivity contribution is 5.92. The van der Waals surface area contributed by atoms with Gasteiger partial charge in [0.15, 0.2) is 0 Å². The van der Waals surface area contributed by atoms with Crippen LogP contribution in [0.5, 0.6) is 0 Å². The molecule has 2 aromatic rings. The number of benzene rings is 1. The Hall–Kier alpha value is -2.18. The van der Waals surface area contributed by atoms with Crippen LogP contribution in [0.2, 0.25) is 0 Å². The van der Waals surface area contributed by atoms with Crippen molar-refractivity contribution in [1.82, 2.24) is 9.88 Å². The van der Waals surface area contributed by atoms with Crippen LogP contribution in [0.4, 0.5) is 0 Å². The first-order chi connectivity index (χ1) is 10.5. The Morgan fingerprint density at radius 3 is 2.77 bits per heavy atom. The summed E-state index contributed by atoms with van der Waals surface area (Å²) in [6.07, 6.45) is 1.41. The number of fused-ring (bicyclic) bond motifs is 1. The van der Waals surface area contributed by atoms with Crippen molar-refractivity contribution in [1.29, 1.82) is 0 Å². The van der Waals surface area contributed by atoms with Crippen molar-refractivity contribution in [2.75, 3.05) is 13.1 Å². The lowest BCUT2D eigenvalue weighted by Gasteiger charge is -2.16. The SMILES string of the molecule is CCn1cc(C(=O)O)c(=O)c2cc(C(C)NCCN)ccc21. The van der Waals surface area contributed by atoms with Crippen LogP contribution < -0.4 is 16.5 Å². The summed E-state index contributed by atoms with van der Waals surface area (Å²) in [7, 11) is 0. The first-order valence-electron chi connectivity index (χ1n) is 7.33. The Morgan fingerprint density at radius 2 is 2.18 bits per heavy atom. The number of carboxylic acids is 1. The summed E-state index contributed by atoms with van der Waals surface area (Å²) in [5.41, 5.74) is 6.51. The van der Waals surface area contributed by atoms with Crippen LogP contribution in [0.15, 0.2) is 29.2 Å². The molecule has 0 aliphatic heterocycles. The number of aromatic carboxylic acids is 1. The Labute approximate surface area is 128 Å². The summed E-state index contributed by atoms with van der Waals surface area (Å²) in [6.45, 7) is 5.69. The maximum absolute atomic E-state index is 12.4.